The zero-order valence-corrected chi connectivity index (χ0v) is 13.1. The molecule has 0 aromatic carbocycles. The van der Waals surface area contributed by atoms with Crippen molar-refractivity contribution in [2.45, 2.75) is 12.6 Å². The molecule has 24 heavy (non-hydrogen) atoms. The molecule has 4 heterocycles. The van der Waals surface area contributed by atoms with Gasteiger partial charge in [0.2, 0.25) is 0 Å². The number of hydrogen-bond acceptors (Lipinski definition) is 5. The first-order valence-electron chi connectivity index (χ1n) is 7.65. The summed E-state index contributed by atoms with van der Waals surface area (Å²) in [7, 11) is 1.77. The Kier molecular flexibility index (Phi) is 3.40. The molecule has 1 fully saturated rings. The van der Waals surface area contributed by atoms with Crippen LogP contribution < -0.4 is 10.2 Å². The summed E-state index contributed by atoms with van der Waals surface area (Å²) in [6, 6.07) is 5.26. The average Bonchev–Trinajstić information content (AvgIpc) is 3.26. The van der Waals surface area contributed by atoms with Crippen LogP contribution in [0.1, 0.15) is 16.9 Å². The first-order valence-corrected chi connectivity index (χ1v) is 7.65. The number of hydrogen-bond donors (Lipinski definition) is 1. The van der Waals surface area contributed by atoms with Crippen molar-refractivity contribution < 1.29 is 9.18 Å². The molecule has 0 saturated carbocycles. The van der Waals surface area contributed by atoms with Crippen LogP contribution in [0.3, 0.4) is 0 Å². The minimum atomic E-state index is -0.836. The Bertz CT molecular complexity index is 902. The average molecular weight is 329 g/mol. The number of carbonyl (C=O) groups is 1. The lowest BCUT2D eigenvalue weighted by atomic mass is 10.3. The predicted octanol–water partition coefficient (Wildman–Crippen LogP) is 1.26. The SMILES string of the molecule is Cn1ccc(NC(=O)c2cnc3ccc(N4CC[C@H](F)C4)nn23)n1. The second-order valence-corrected chi connectivity index (χ2v) is 5.77. The van der Waals surface area contributed by atoms with Crippen LogP contribution >= 0.6 is 0 Å². The number of aryl methyl sites for hydroxylation is 1. The Morgan fingerprint density at radius 3 is 2.92 bits per heavy atom. The highest BCUT2D eigenvalue weighted by molar-refractivity contribution is 6.02. The van der Waals surface area contributed by atoms with E-state index >= 15 is 0 Å². The lowest BCUT2D eigenvalue weighted by molar-refractivity contribution is 0.102. The third kappa shape index (κ3) is 2.57. The molecule has 0 spiro atoms. The van der Waals surface area contributed by atoms with Crippen LogP contribution in [0.25, 0.3) is 5.65 Å². The first-order chi connectivity index (χ1) is 11.6. The minimum absolute atomic E-state index is 0.300. The Labute approximate surface area is 136 Å². The van der Waals surface area contributed by atoms with E-state index < -0.39 is 6.17 Å². The molecule has 124 valence electrons. The molecule has 4 rings (SSSR count). The summed E-state index contributed by atoms with van der Waals surface area (Å²) in [5.74, 6) is 0.733. The first kappa shape index (κ1) is 14.6. The van der Waals surface area contributed by atoms with Crippen LogP contribution in [0.4, 0.5) is 16.0 Å². The fraction of sp³-hybridized carbons (Fsp3) is 0.333. The molecule has 0 bridgehead atoms. The highest BCUT2D eigenvalue weighted by Crippen LogP contribution is 2.20. The van der Waals surface area contributed by atoms with Gasteiger partial charge in [0.15, 0.2) is 17.2 Å². The van der Waals surface area contributed by atoms with Crippen molar-refractivity contribution >= 4 is 23.2 Å². The van der Waals surface area contributed by atoms with Crippen LogP contribution in [0.2, 0.25) is 0 Å². The molecule has 0 unspecified atom stereocenters. The van der Waals surface area contributed by atoms with Gasteiger partial charge in [-0.25, -0.2) is 13.9 Å². The molecule has 1 saturated heterocycles. The molecular formula is C15H16FN7O. The van der Waals surface area contributed by atoms with Gasteiger partial charge < -0.3 is 10.2 Å². The molecule has 0 aliphatic carbocycles. The summed E-state index contributed by atoms with van der Waals surface area (Å²) in [5.41, 5.74) is 0.856. The normalized spacial score (nSPS) is 17.6. The van der Waals surface area contributed by atoms with Crippen molar-refractivity contribution in [3.8, 4) is 0 Å². The van der Waals surface area contributed by atoms with Crippen LogP contribution in [0.15, 0.2) is 30.6 Å². The van der Waals surface area contributed by atoms with Gasteiger partial charge in [-0.2, -0.15) is 5.10 Å². The number of alkyl halides is 1. The zero-order chi connectivity index (χ0) is 16.7. The Morgan fingerprint density at radius 1 is 1.33 bits per heavy atom. The summed E-state index contributed by atoms with van der Waals surface area (Å²) in [4.78, 5) is 18.5. The Balaban J connectivity index is 1.64. The number of aromatic nitrogens is 5. The van der Waals surface area contributed by atoms with Gasteiger partial charge in [0.1, 0.15) is 12.0 Å². The largest absolute Gasteiger partial charge is 0.352 e. The van der Waals surface area contributed by atoms with Gasteiger partial charge in [0.25, 0.3) is 5.91 Å². The Morgan fingerprint density at radius 2 is 2.21 bits per heavy atom. The smallest absolute Gasteiger partial charge is 0.277 e. The second-order valence-electron chi connectivity index (χ2n) is 5.77. The van der Waals surface area contributed by atoms with Crippen LogP contribution in [-0.4, -0.2) is 49.5 Å². The molecular weight excluding hydrogens is 313 g/mol. The van der Waals surface area contributed by atoms with Crippen molar-refractivity contribution in [3.63, 3.8) is 0 Å². The number of fused-ring (bicyclic) bond motifs is 1. The highest BCUT2D eigenvalue weighted by atomic mass is 19.1. The fourth-order valence-electron chi connectivity index (χ4n) is 2.77. The van der Waals surface area contributed by atoms with Crippen LogP contribution in [-0.2, 0) is 7.05 Å². The minimum Gasteiger partial charge on any atom is -0.352 e. The third-order valence-corrected chi connectivity index (χ3v) is 3.99. The molecule has 1 amide bonds. The van der Waals surface area contributed by atoms with E-state index in [2.05, 4.69) is 20.5 Å². The molecule has 1 aliphatic heterocycles. The Hall–Kier alpha value is -2.97. The topological polar surface area (TPSA) is 80.4 Å². The predicted molar refractivity (Wildman–Crippen MR) is 85.9 cm³/mol. The van der Waals surface area contributed by atoms with Crippen molar-refractivity contribution in [1.82, 2.24) is 24.4 Å². The van der Waals surface area contributed by atoms with Gasteiger partial charge in [-0.05, 0) is 18.6 Å². The van der Waals surface area contributed by atoms with Crippen LogP contribution in [0, 0.1) is 0 Å². The number of anilines is 2. The van der Waals surface area contributed by atoms with Gasteiger partial charge in [0.05, 0.1) is 12.7 Å². The van der Waals surface area contributed by atoms with E-state index in [4.69, 9.17) is 0 Å². The number of amides is 1. The molecule has 0 radical (unpaired) electrons. The van der Waals surface area contributed by atoms with E-state index in [1.165, 1.54) is 10.7 Å². The summed E-state index contributed by atoms with van der Waals surface area (Å²) in [5, 5.41) is 11.3. The molecule has 8 nitrogen and oxygen atoms in total. The summed E-state index contributed by atoms with van der Waals surface area (Å²) < 4.78 is 16.5. The van der Waals surface area contributed by atoms with E-state index in [1.54, 1.807) is 36.1 Å². The van der Waals surface area contributed by atoms with Gasteiger partial charge in [-0.15, -0.1) is 5.10 Å². The van der Waals surface area contributed by atoms with Crippen molar-refractivity contribution in [1.29, 1.82) is 0 Å². The number of imidazole rings is 1. The molecule has 9 heteroatoms. The van der Waals surface area contributed by atoms with E-state index in [0.717, 1.165) is 0 Å². The van der Waals surface area contributed by atoms with Crippen LogP contribution in [0.5, 0.6) is 0 Å². The maximum Gasteiger partial charge on any atom is 0.277 e. The molecule has 1 aliphatic rings. The molecule has 3 aromatic rings. The lowest BCUT2D eigenvalue weighted by Gasteiger charge is -2.16. The third-order valence-electron chi connectivity index (χ3n) is 3.99. The molecule has 1 N–H and O–H groups in total. The number of rotatable bonds is 3. The maximum atomic E-state index is 13.4. The van der Waals surface area contributed by atoms with E-state index in [1.807, 2.05) is 4.90 Å². The number of carbonyl (C=O) groups excluding carboxylic acids is 1. The van der Waals surface area contributed by atoms with Crippen molar-refractivity contribution in [3.05, 3.63) is 36.3 Å². The van der Waals surface area contributed by atoms with Gasteiger partial charge in [-0.1, -0.05) is 0 Å². The molecule has 1 atom stereocenters. The zero-order valence-electron chi connectivity index (χ0n) is 13.1. The molecule has 3 aromatic heterocycles. The van der Waals surface area contributed by atoms with E-state index in [0.29, 0.717) is 42.5 Å². The number of nitrogens with zero attached hydrogens (tertiary/aromatic N) is 6. The second kappa shape index (κ2) is 5.59. The standard InChI is InChI=1S/C15H16FN7O/c1-21-6-5-12(19-21)18-15(24)11-8-17-13-2-3-14(20-23(11)13)22-7-4-10(16)9-22/h2-3,5-6,8,10H,4,7,9H2,1H3,(H,18,19,24)/t10-/m0/s1. The number of nitrogens with one attached hydrogen (secondary N) is 1. The highest BCUT2D eigenvalue weighted by Gasteiger charge is 2.24. The van der Waals surface area contributed by atoms with Gasteiger partial charge >= 0.3 is 0 Å². The van der Waals surface area contributed by atoms with Gasteiger partial charge in [-0.3, -0.25) is 9.48 Å². The van der Waals surface area contributed by atoms with Crippen molar-refractivity contribution in [2.24, 2.45) is 7.05 Å². The summed E-state index contributed by atoms with van der Waals surface area (Å²) in [6.07, 6.45) is 2.86. The van der Waals surface area contributed by atoms with E-state index in [9.17, 15) is 9.18 Å². The lowest BCUT2D eigenvalue weighted by Crippen LogP contribution is -2.23. The van der Waals surface area contributed by atoms with Gasteiger partial charge in [0, 0.05) is 25.9 Å². The quantitative estimate of drug-likeness (QED) is 0.782. The van der Waals surface area contributed by atoms with Crippen molar-refractivity contribution in [2.75, 3.05) is 23.3 Å². The van der Waals surface area contributed by atoms with E-state index in [-0.39, 0.29) is 5.91 Å². The summed E-state index contributed by atoms with van der Waals surface area (Å²) >= 11 is 0. The maximum absolute atomic E-state index is 13.4. The summed E-state index contributed by atoms with van der Waals surface area (Å²) in [6.45, 7) is 0.937. The fourth-order valence-corrected chi connectivity index (χ4v) is 2.77. The number of halogens is 1. The monoisotopic (exact) mass is 329 g/mol.